The van der Waals surface area contributed by atoms with E-state index in [4.69, 9.17) is 10.5 Å². The van der Waals surface area contributed by atoms with E-state index in [1.54, 1.807) is 7.11 Å². The predicted octanol–water partition coefficient (Wildman–Crippen LogP) is 2.64. The average molecular weight is 256 g/mol. The van der Waals surface area contributed by atoms with Crippen LogP contribution in [0.15, 0.2) is 0 Å². The molecule has 0 saturated carbocycles. The van der Waals surface area contributed by atoms with Crippen molar-refractivity contribution in [1.82, 2.24) is 4.90 Å². The molecule has 1 saturated heterocycles. The van der Waals surface area contributed by atoms with Gasteiger partial charge in [0, 0.05) is 19.7 Å². The van der Waals surface area contributed by atoms with E-state index in [2.05, 4.69) is 25.7 Å². The first-order valence-corrected chi connectivity index (χ1v) is 7.52. The van der Waals surface area contributed by atoms with Crippen molar-refractivity contribution in [2.45, 2.75) is 64.5 Å². The zero-order valence-corrected chi connectivity index (χ0v) is 12.7. The van der Waals surface area contributed by atoms with E-state index in [0.29, 0.717) is 0 Å². The minimum atomic E-state index is -0.227. The Morgan fingerprint density at radius 1 is 1.33 bits per heavy atom. The van der Waals surface area contributed by atoms with Crippen molar-refractivity contribution >= 4 is 0 Å². The highest BCUT2D eigenvalue weighted by atomic mass is 16.5. The summed E-state index contributed by atoms with van der Waals surface area (Å²) in [5.74, 6) is 0.937. The number of ether oxygens (including phenoxy) is 1. The van der Waals surface area contributed by atoms with Crippen LogP contribution in [-0.2, 0) is 4.74 Å². The molecular formula is C15H32N2O. The maximum Gasteiger partial charge on any atom is 0.0785 e. The second-order valence-electron chi connectivity index (χ2n) is 6.30. The first kappa shape index (κ1) is 15.9. The molecule has 0 amide bonds. The molecule has 108 valence electrons. The largest absolute Gasteiger partial charge is 0.377 e. The quantitative estimate of drug-likeness (QED) is 0.794. The number of rotatable bonds is 6. The molecule has 0 radical (unpaired) electrons. The van der Waals surface area contributed by atoms with Gasteiger partial charge in [-0.1, -0.05) is 19.8 Å². The molecule has 1 aliphatic heterocycles. The van der Waals surface area contributed by atoms with Crippen molar-refractivity contribution in [2.75, 3.05) is 26.7 Å². The summed E-state index contributed by atoms with van der Waals surface area (Å²) in [6.07, 6.45) is 6.77. The third-order valence-electron chi connectivity index (χ3n) is 4.51. The second-order valence-corrected chi connectivity index (χ2v) is 6.30. The van der Waals surface area contributed by atoms with Gasteiger partial charge in [0.1, 0.15) is 0 Å². The van der Waals surface area contributed by atoms with Crippen molar-refractivity contribution in [3.63, 3.8) is 0 Å². The topological polar surface area (TPSA) is 38.5 Å². The summed E-state index contributed by atoms with van der Waals surface area (Å²) < 4.78 is 5.48. The lowest BCUT2D eigenvalue weighted by Crippen LogP contribution is -2.51. The number of nitrogens with zero attached hydrogens (tertiary/aromatic N) is 1. The lowest BCUT2D eigenvalue weighted by Gasteiger charge is -2.34. The molecule has 2 unspecified atom stereocenters. The number of hydrogen-bond acceptors (Lipinski definition) is 3. The van der Waals surface area contributed by atoms with E-state index in [0.717, 1.165) is 12.5 Å². The average Bonchev–Trinajstić information content (AvgIpc) is 2.55. The fraction of sp³-hybridized carbons (Fsp3) is 1.00. The van der Waals surface area contributed by atoms with Crippen LogP contribution in [0, 0.1) is 5.92 Å². The van der Waals surface area contributed by atoms with Gasteiger partial charge < -0.3 is 15.4 Å². The molecule has 3 nitrogen and oxygen atoms in total. The van der Waals surface area contributed by atoms with E-state index in [-0.39, 0.29) is 11.6 Å². The van der Waals surface area contributed by atoms with E-state index in [9.17, 15) is 0 Å². The zero-order valence-electron chi connectivity index (χ0n) is 12.7. The highest BCUT2D eigenvalue weighted by Gasteiger charge is 2.28. The van der Waals surface area contributed by atoms with Crippen LogP contribution in [0.4, 0.5) is 0 Å². The summed E-state index contributed by atoms with van der Waals surface area (Å²) in [5.41, 5.74) is 6.04. The Morgan fingerprint density at radius 3 is 2.67 bits per heavy atom. The first-order chi connectivity index (χ1) is 8.49. The van der Waals surface area contributed by atoms with Crippen molar-refractivity contribution in [1.29, 1.82) is 0 Å². The van der Waals surface area contributed by atoms with Crippen LogP contribution in [0.1, 0.15) is 52.9 Å². The number of likely N-dealkylation sites (tertiary alicyclic amines) is 1. The SMILES string of the molecule is CCCC1CCCN(CC(N)C(C)(C)OC)CC1. The number of methoxy groups -OCH3 is 1. The fourth-order valence-electron chi connectivity index (χ4n) is 2.75. The summed E-state index contributed by atoms with van der Waals surface area (Å²) in [4.78, 5) is 2.53. The highest BCUT2D eigenvalue weighted by molar-refractivity contribution is 4.86. The smallest absolute Gasteiger partial charge is 0.0785 e. The molecule has 0 aliphatic carbocycles. The number of hydrogen-bond donors (Lipinski definition) is 1. The van der Waals surface area contributed by atoms with Gasteiger partial charge in [0.15, 0.2) is 0 Å². The first-order valence-electron chi connectivity index (χ1n) is 7.52. The molecule has 2 N–H and O–H groups in total. The lowest BCUT2D eigenvalue weighted by molar-refractivity contribution is -0.00836. The molecule has 1 aliphatic rings. The van der Waals surface area contributed by atoms with Crippen LogP contribution in [-0.4, -0.2) is 43.3 Å². The molecule has 0 aromatic carbocycles. The Hall–Kier alpha value is -0.120. The third-order valence-corrected chi connectivity index (χ3v) is 4.51. The van der Waals surface area contributed by atoms with Crippen LogP contribution in [0.5, 0.6) is 0 Å². The molecule has 2 atom stereocenters. The Kier molecular flexibility index (Phi) is 6.61. The maximum atomic E-state index is 6.27. The summed E-state index contributed by atoms with van der Waals surface area (Å²) >= 11 is 0. The Balaban J connectivity index is 2.39. The lowest BCUT2D eigenvalue weighted by atomic mass is 9.96. The van der Waals surface area contributed by atoms with Gasteiger partial charge in [-0.2, -0.15) is 0 Å². The molecule has 1 heterocycles. The molecule has 0 spiro atoms. The Labute approximate surface area is 113 Å². The minimum absolute atomic E-state index is 0.0882. The van der Waals surface area contributed by atoms with Crippen molar-refractivity contribution in [3.8, 4) is 0 Å². The molecular weight excluding hydrogens is 224 g/mol. The summed E-state index contributed by atoms with van der Waals surface area (Å²) in [6, 6.07) is 0.0882. The normalized spacial score (nSPS) is 24.8. The monoisotopic (exact) mass is 256 g/mol. The van der Waals surface area contributed by atoms with Gasteiger partial charge >= 0.3 is 0 Å². The van der Waals surface area contributed by atoms with Gasteiger partial charge in [0.2, 0.25) is 0 Å². The van der Waals surface area contributed by atoms with E-state index >= 15 is 0 Å². The molecule has 1 fully saturated rings. The maximum absolute atomic E-state index is 6.27. The molecule has 0 aromatic heterocycles. The third kappa shape index (κ3) is 4.87. The van der Waals surface area contributed by atoms with Gasteiger partial charge in [-0.15, -0.1) is 0 Å². The van der Waals surface area contributed by atoms with Gasteiger partial charge in [-0.05, 0) is 52.1 Å². The Bertz CT molecular complexity index is 231. The summed E-state index contributed by atoms with van der Waals surface area (Å²) in [6.45, 7) is 9.82. The van der Waals surface area contributed by atoms with Crippen molar-refractivity contribution < 1.29 is 4.74 Å². The highest BCUT2D eigenvalue weighted by Crippen LogP contribution is 2.22. The van der Waals surface area contributed by atoms with E-state index in [1.165, 1.54) is 45.2 Å². The molecule has 3 heteroatoms. The van der Waals surface area contributed by atoms with Gasteiger partial charge in [-0.3, -0.25) is 0 Å². The molecule has 0 bridgehead atoms. The van der Waals surface area contributed by atoms with Crippen LogP contribution >= 0.6 is 0 Å². The van der Waals surface area contributed by atoms with E-state index in [1.807, 2.05) is 0 Å². The Morgan fingerprint density at radius 2 is 2.06 bits per heavy atom. The molecule has 18 heavy (non-hydrogen) atoms. The van der Waals surface area contributed by atoms with Gasteiger partial charge in [0.05, 0.1) is 5.60 Å². The van der Waals surface area contributed by atoms with Crippen LogP contribution in [0.25, 0.3) is 0 Å². The predicted molar refractivity (Wildman–Crippen MR) is 77.8 cm³/mol. The zero-order chi connectivity index (χ0) is 13.6. The standard InChI is InChI=1S/C15H32N2O/c1-5-7-13-8-6-10-17(11-9-13)12-14(16)15(2,3)18-4/h13-14H,5-12,16H2,1-4H3. The molecule has 1 rings (SSSR count). The van der Waals surface area contributed by atoms with Crippen molar-refractivity contribution in [2.24, 2.45) is 11.7 Å². The summed E-state index contributed by atoms with van der Waals surface area (Å²) in [5, 5.41) is 0. The molecule has 0 aromatic rings. The fourth-order valence-corrected chi connectivity index (χ4v) is 2.75. The van der Waals surface area contributed by atoms with Crippen LogP contribution in [0.2, 0.25) is 0 Å². The second kappa shape index (κ2) is 7.46. The van der Waals surface area contributed by atoms with Crippen LogP contribution in [0.3, 0.4) is 0 Å². The summed E-state index contributed by atoms with van der Waals surface area (Å²) in [7, 11) is 1.75. The van der Waals surface area contributed by atoms with Gasteiger partial charge in [0.25, 0.3) is 0 Å². The minimum Gasteiger partial charge on any atom is -0.377 e. The van der Waals surface area contributed by atoms with E-state index < -0.39 is 0 Å². The van der Waals surface area contributed by atoms with Gasteiger partial charge in [-0.25, -0.2) is 0 Å². The van der Waals surface area contributed by atoms with Crippen molar-refractivity contribution in [3.05, 3.63) is 0 Å². The number of nitrogens with two attached hydrogens (primary N) is 1. The van der Waals surface area contributed by atoms with Crippen LogP contribution < -0.4 is 5.73 Å².